The molecular formula is C28H21N5O. The maximum Gasteiger partial charge on any atom is 0.171 e. The van der Waals surface area contributed by atoms with E-state index in [0.29, 0.717) is 12.8 Å². The Hall–Kier alpha value is -4.58. The van der Waals surface area contributed by atoms with Crippen LogP contribution >= 0.6 is 0 Å². The fraction of sp³-hybridized carbons (Fsp3) is 0.0714. The number of fused-ring (bicyclic) bond motifs is 5. The van der Waals surface area contributed by atoms with Gasteiger partial charge in [-0.05, 0) is 35.4 Å². The summed E-state index contributed by atoms with van der Waals surface area (Å²) >= 11 is 0. The van der Waals surface area contributed by atoms with Crippen LogP contribution in [0.15, 0.2) is 97.2 Å². The summed E-state index contributed by atoms with van der Waals surface area (Å²) in [5.41, 5.74) is 5.73. The SMILES string of the molecule is O=C(Cc1ccccc1)Cc1ccc(-c2nnc3n2-c2cccnc2Nc2ccccc2-3)cc1. The smallest absolute Gasteiger partial charge is 0.171 e. The predicted molar refractivity (Wildman–Crippen MR) is 132 cm³/mol. The molecule has 0 saturated carbocycles. The molecule has 3 heterocycles. The van der Waals surface area contributed by atoms with Crippen molar-refractivity contribution in [1.29, 1.82) is 0 Å². The van der Waals surface area contributed by atoms with E-state index in [1.807, 2.05) is 95.6 Å². The van der Waals surface area contributed by atoms with Crippen LogP contribution in [0.25, 0.3) is 28.5 Å². The molecule has 0 fully saturated rings. The van der Waals surface area contributed by atoms with Crippen molar-refractivity contribution in [3.8, 4) is 28.5 Å². The van der Waals surface area contributed by atoms with Crippen LogP contribution in [-0.4, -0.2) is 25.5 Å². The van der Waals surface area contributed by atoms with Gasteiger partial charge < -0.3 is 5.32 Å². The Morgan fingerprint density at radius 1 is 0.735 bits per heavy atom. The molecular weight excluding hydrogens is 422 g/mol. The van der Waals surface area contributed by atoms with Gasteiger partial charge in [0, 0.05) is 30.2 Å². The number of ketones is 1. The molecule has 5 aromatic rings. The average Bonchev–Trinajstić information content (AvgIpc) is 3.25. The lowest BCUT2D eigenvalue weighted by Gasteiger charge is -2.11. The third-order valence-electron chi connectivity index (χ3n) is 5.97. The Balaban J connectivity index is 1.34. The minimum atomic E-state index is 0.193. The van der Waals surface area contributed by atoms with Crippen molar-refractivity contribution in [3.63, 3.8) is 0 Å². The van der Waals surface area contributed by atoms with Crippen molar-refractivity contribution >= 4 is 17.3 Å². The van der Waals surface area contributed by atoms with E-state index in [4.69, 9.17) is 0 Å². The fourth-order valence-corrected chi connectivity index (χ4v) is 4.35. The second kappa shape index (κ2) is 8.41. The lowest BCUT2D eigenvalue weighted by Crippen LogP contribution is -2.06. The van der Waals surface area contributed by atoms with E-state index < -0.39 is 0 Å². The quantitative estimate of drug-likeness (QED) is 0.386. The third kappa shape index (κ3) is 3.65. The molecule has 34 heavy (non-hydrogen) atoms. The average molecular weight is 444 g/mol. The molecule has 6 nitrogen and oxygen atoms in total. The summed E-state index contributed by atoms with van der Waals surface area (Å²) in [7, 11) is 0. The number of pyridine rings is 1. The summed E-state index contributed by atoms with van der Waals surface area (Å²) in [6.45, 7) is 0. The number of rotatable bonds is 5. The number of benzene rings is 3. The minimum absolute atomic E-state index is 0.193. The molecule has 0 unspecified atom stereocenters. The van der Waals surface area contributed by atoms with Crippen LogP contribution in [0.5, 0.6) is 0 Å². The zero-order valence-electron chi connectivity index (χ0n) is 18.3. The van der Waals surface area contributed by atoms with Gasteiger partial charge in [-0.1, -0.05) is 66.7 Å². The summed E-state index contributed by atoms with van der Waals surface area (Å²) in [4.78, 5) is 17.1. The first-order valence-corrected chi connectivity index (χ1v) is 11.2. The van der Waals surface area contributed by atoms with Gasteiger partial charge in [0.15, 0.2) is 17.5 Å². The van der Waals surface area contributed by atoms with Crippen LogP contribution in [-0.2, 0) is 17.6 Å². The molecule has 3 aromatic carbocycles. The second-order valence-electron chi connectivity index (χ2n) is 8.30. The number of nitrogens with one attached hydrogen (secondary N) is 1. The fourth-order valence-electron chi connectivity index (χ4n) is 4.35. The molecule has 6 heteroatoms. The number of para-hydroxylation sites is 1. The van der Waals surface area contributed by atoms with Gasteiger partial charge in [0.2, 0.25) is 0 Å². The minimum Gasteiger partial charge on any atom is -0.338 e. The van der Waals surface area contributed by atoms with Gasteiger partial charge in [-0.2, -0.15) is 0 Å². The summed E-state index contributed by atoms with van der Waals surface area (Å²) in [6, 6.07) is 29.8. The zero-order valence-corrected chi connectivity index (χ0v) is 18.3. The Morgan fingerprint density at radius 3 is 2.26 bits per heavy atom. The van der Waals surface area contributed by atoms with Gasteiger partial charge in [0.05, 0.1) is 11.4 Å². The first kappa shape index (κ1) is 20.1. The van der Waals surface area contributed by atoms with E-state index >= 15 is 0 Å². The maximum atomic E-state index is 12.5. The molecule has 0 bridgehead atoms. The molecule has 6 rings (SSSR count). The summed E-state index contributed by atoms with van der Waals surface area (Å²) in [5, 5.41) is 12.5. The monoisotopic (exact) mass is 443 g/mol. The Morgan fingerprint density at radius 2 is 1.44 bits per heavy atom. The molecule has 2 aromatic heterocycles. The van der Waals surface area contributed by atoms with Gasteiger partial charge in [-0.25, -0.2) is 4.98 Å². The Kier molecular flexibility index (Phi) is 4.96. The number of nitrogens with zero attached hydrogens (tertiary/aromatic N) is 4. The third-order valence-corrected chi connectivity index (χ3v) is 5.97. The number of hydrogen-bond donors (Lipinski definition) is 1. The zero-order chi connectivity index (χ0) is 22.9. The van der Waals surface area contributed by atoms with E-state index in [0.717, 1.165) is 51.1 Å². The standard InChI is InChI=1S/C28H21N5O/c34-22(17-19-7-2-1-3-8-19)18-20-12-14-21(15-13-20)27-31-32-28-23-9-4-5-10-24(23)30-26-25(33(27)28)11-6-16-29-26/h1-16H,17-18H2,(H,29,30). The molecule has 1 aliphatic heterocycles. The van der Waals surface area contributed by atoms with Crippen molar-refractivity contribution in [2.75, 3.05) is 5.32 Å². The summed E-state index contributed by atoms with van der Waals surface area (Å²) in [6.07, 6.45) is 2.61. The van der Waals surface area contributed by atoms with Crippen molar-refractivity contribution in [1.82, 2.24) is 19.7 Å². The molecule has 0 saturated heterocycles. The van der Waals surface area contributed by atoms with Crippen LogP contribution in [0.4, 0.5) is 11.5 Å². The highest BCUT2D eigenvalue weighted by Crippen LogP contribution is 2.38. The summed E-state index contributed by atoms with van der Waals surface area (Å²) < 4.78 is 2.04. The van der Waals surface area contributed by atoms with E-state index in [1.165, 1.54) is 0 Å². The van der Waals surface area contributed by atoms with Crippen LogP contribution < -0.4 is 5.32 Å². The highest BCUT2D eigenvalue weighted by Gasteiger charge is 2.24. The lowest BCUT2D eigenvalue weighted by atomic mass is 10.0. The van der Waals surface area contributed by atoms with Gasteiger partial charge in [-0.3, -0.25) is 9.36 Å². The highest BCUT2D eigenvalue weighted by molar-refractivity contribution is 5.85. The van der Waals surface area contributed by atoms with Crippen molar-refractivity contribution in [3.05, 3.63) is 108 Å². The lowest BCUT2D eigenvalue weighted by molar-refractivity contribution is -0.117. The Labute approximate surface area is 197 Å². The van der Waals surface area contributed by atoms with Crippen molar-refractivity contribution in [2.45, 2.75) is 12.8 Å². The van der Waals surface area contributed by atoms with E-state index in [2.05, 4.69) is 20.5 Å². The topological polar surface area (TPSA) is 72.7 Å². The largest absolute Gasteiger partial charge is 0.338 e. The van der Waals surface area contributed by atoms with Crippen LogP contribution in [0.1, 0.15) is 11.1 Å². The molecule has 0 amide bonds. The highest BCUT2D eigenvalue weighted by atomic mass is 16.1. The van der Waals surface area contributed by atoms with Crippen molar-refractivity contribution < 1.29 is 4.79 Å². The van der Waals surface area contributed by atoms with E-state index in [9.17, 15) is 4.79 Å². The first-order valence-electron chi connectivity index (χ1n) is 11.2. The maximum absolute atomic E-state index is 12.5. The number of aromatic nitrogens is 4. The van der Waals surface area contributed by atoms with Gasteiger partial charge in [0.1, 0.15) is 5.78 Å². The van der Waals surface area contributed by atoms with Gasteiger partial charge in [-0.15, -0.1) is 10.2 Å². The number of Topliss-reactive ketones (excluding diaryl/α,β-unsaturated/α-hetero) is 1. The molecule has 1 N–H and O–H groups in total. The normalized spacial score (nSPS) is 11.5. The second-order valence-corrected chi connectivity index (χ2v) is 8.30. The Bertz CT molecular complexity index is 1490. The summed E-state index contributed by atoms with van der Waals surface area (Å²) in [5.74, 6) is 2.42. The number of carbonyl (C=O) groups excluding carboxylic acids is 1. The number of hydrogen-bond acceptors (Lipinski definition) is 5. The van der Waals surface area contributed by atoms with Crippen LogP contribution in [0.3, 0.4) is 0 Å². The van der Waals surface area contributed by atoms with Crippen molar-refractivity contribution in [2.24, 2.45) is 0 Å². The van der Waals surface area contributed by atoms with Crippen LogP contribution in [0, 0.1) is 0 Å². The van der Waals surface area contributed by atoms with Crippen LogP contribution in [0.2, 0.25) is 0 Å². The molecule has 0 aliphatic carbocycles. The van der Waals surface area contributed by atoms with E-state index in [1.54, 1.807) is 6.20 Å². The molecule has 0 atom stereocenters. The molecule has 0 radical (unpaired) electrons. The number of anilines is 2. The molecule has 1 aliphatic rings. The van der Waals surface area contributed by atoms with Gasteiger partial charge in [0.25, 0.3) is 0 Å². The van der Waals surface area contributed by atoms with E-state index in [-0.39, 0.29) is 5.78 Å². The number of carbonyl (C=O) groups is 1. The predicted octanol–water partition coefficient (Wildman–Crippen LogP) is 5.41. The molecule has 164 valence electrons. The van der Waals surface area contributed by atoms with Gasteiger partial charge >= 0.3 is 0 Å². The molecule has 0 spiro atoms. The first-order chi connectivity index (χ1) is 16.8.